The quantitative estimate of drug-likeness (QED) is 0.823. The highest BCUT2D eigenvalue weighted by atomic mass is 16.1. The maximum atomic E-state index is 11.1. The van der Waals surface area contributed by atoms with Crippen LogP contribution < -0.4 is 5.32 Å². The number of benzene rings is 1. The third-order valence-electron chi connectivity index (χ3n) is 3.31. The largest absolute Gasteiger partial charge is 0.350 e. The molecule has 0 heterocycles. The lowest BCUT2D eigenvalue weighted by Crippen LogP contribution is -2.25. The van der Waals surface area contributed by atoms with Gasteiger partial charge in [-0.2, -0.15) is 0 Å². The van der Waals surface area contributed by atoms with Crippen molar-refractivity contribution in [3.05, 3.63) is 35.4 Å². The van der Waals surface area contributed by atoms with Gasteiger partial charge in [0.05, 0.1) is 6.04 Å². The predicted octanol–water partition coefficient (Wildman–Crippen LogP) is 3.79. The summed E-state index contributed by atoms with van der Waals surface area (Å²) in [7, 11) is 0. The van der Waals surface area contributed by atoms with Gasteiger partial charge in [-0.3, -0.25) is 4.79 Å². The first-order chi connectivity index (χ1) is 8.08. The summed E-state index contributed by atoms with van der Waals surface area (Å²) in [6.45, 7) is 8.09. The van der Waals surface area contributed by atoms with Crippen LogP contribution in [0.3, 0.4) is 0 Å². The molecule has 0 saturated heterocycles. The third-order valence-corrected chi connectivity index (χ3v) is 3.31. The first-order valence-corrected chi connectivity index (χ1v) is 6.45. The second-order valence-electron chi connectivity index (χ2n) is 4.64. The van der Waals surface area contributed by atoms with Crippen molar-refractivity contribution in [3.63, 3.8) is 0 Å². The lowest BCUT2D eigenvalue weighted by Gasteiger charge is -2.17. The molecule has 0 saturated carbocycles. The average Bonchev–Trinajstić information content (AvgIpc) is 2.35. The summed E-state index contributed by atoms with van der Waals surface area (Å²) in [6, 6.07) is 8.75. The van der Waals surface area contributed by atoms with E-state index in [-0.39, 0.29) is 11.9 Å². The monoisotopic (exact) mass is 233 g/mol. The topological polar surface area (TPSA) is 29.1 Å². The molecule has 0 aromatic heterocycles. The highest BCUT2D eigenvalue weighted by molar-refractivity contribution is 5.73. The maximum absolute atomic E-state index is 11.1. The number of hydrogen-bond acceptors (Lipinski definition) is 1. The summed E-state index contributed by atoms with van der Waals surface area (Å²) in [6.07, 6.45) is 2.07. The van der Waals surface area contributed by atoms with Gasteiger partial charge in [-0.1, -0.05) is 45.0 Å². The molecule has 0 aliphatic heterocycles. The Balaban J connectivity index is 2.81. The number of carbonyl (C=O) groups is 1. The Labute approximate surface area is 104 Å². The molecule has 0 aliphatic carbocycles. The van der Waals surface area contributed by atoms with E-state index in [9.17, 15) is 4.79 Å². The Morgan fingerprint density at radius 1 is 1.12 bits per heavy atom. The predicted molar refractivity (Wildman–Crippen MR) is 72.0 cm³/mol. The number of carbonyl (C=O) groups excluding carboxylic acids is 1. The fourth-order valence-electron chi connectivity index (χ4n) is 1.96. The van der Waals surface area contributed by atoms with Crippen LogP contribution in [0, 0.1) is 0 Å². The zero-order valence-corrected chi connectivity index (χ0v) is 11.3. The van der Waals surface area contributed by atoms with E-state index in [1.54, 1.807) is 6.92 Å². The lowest BCUT2D eigenvalue weighted by atomic mass is 9.95. The summed E-state index contributed by atoms with van der Waals surface area (Å²) in [5.41, 5.74) is 2.56. The van der Waals surface area contributed by atoms with Gasteiger partial charge >= 0.3 is 0 Å². The first-order valence-electron chi connectivity index (χ1n) is 6.45. The number of hydrogen-bond donors (Lipinski definition) is 1. The van der Waals surface area contributed by atoms with Crippen molar-refractivity contribution in [1.82, 2.24) is 5.32 Å². The molecule has 0 unspecified atom stereocenters. The number of rotatable bonds is 5. The highest BCUT2D eigenvalue weighted by Gasteiger charge is 2.10. The summed E-state index contributed by atoms with van der Waals surface area (Å²) >= 11 is 0. The molecule has 1 rings (SSSR count). The Morgan fingerprint density at radius 3 is 2.06 bits per heavy atom. The minimum absolute atomic E-state index is 0.0304. The molecular weight excluding hydrogens is 210 g/mol. The van der Waals surface area contributed by atoms with Crippen molar-refractivity contribution in [2.75, 3.05) is 0 Å². The van der Waals surface area contributed by atoms with Gasteiger partial charge in [-0.25, -0.2) is 0 Å². The molecule has 2 atom stereocenters. The lowest BCUT2D eigenvalue weighted by molar-refractivity contribution is -0.119. The van der Waals surface area contributed by atoms with Crippen LogP contribution in [-0.2, 0) is 4.79 Å². The number of nitrogens with one attached hydrogen (secondary N) is 1. The Bertz CT molecular complexity index is 356. The van der Waals surface area contributed by atoms with E-state index < -0.39 is 0 Å². The van der Waals surface area contributed by atoms with Gasteiger partial charge in [0.2, 0.25) is 5.91 Å². The van der Waals surface area contributed by atoms with Crippen molar-refractivity contribution in [3.8, 4) is 0 Å². The summed E-state index contributed by atoms with van der Waals surface area (Å²) in [5.74, 6) is 0.632. The van der Waals surface area contributed by atoms with Gasteiger partial charge in [-0.15, -0.1) is 0 Å². The molecule has 0 radical (unpaired) electrons. The molecule has 0 fully saturated rings. The number of amides is 1. The molecule has 0 spiro atoms. The van der Waals surface area contributed by atoms with E-state index in [0.717, 1.165) is 12.8 Å². The van der Waals surface area contributed by atoms with E-state index in [1.165, 1.54) is 11.1 Å². The molecule has 94 valence electrons. The molecule has 1 amide bonds. The van der Waals surface area contributed by atoms with E-state index in [2.05, 4.69) is 50.4 Å². The molecular formula is C15H23NO. The summed E-state index contributed by atoms with van der Waals surface area (Å²) < 4.78 is 0. The standard InChI is InChI=1S/C15H23NO/c1-5-11(3)13-7-9-14(10-8-13)15(6-2)16-12(4)17/h7-11,15H,5-6H2,1-4H3,(H,16,17)/t11-,15+/m1/s1. The van der Waals surface area contributed by atoms with Gasteiger partial charge in [0, 0.05) is 6.92 Å². The minimum Gasteiger partial charge on any atom is -0.350 e. The van der Waals surface area contributed by atoms with Crippen molar-refractivity contribution in [2.24, 2.45) is 0 Å². The van der Waals surface area contributed by atoms with Crippen molar-refractivity contribution < 1.29 is 4.79 Å². The van der Waals surface area contributed by atoms with Crippen LogP contribution in [0.25, 0.3) is 0 Å². The van der Waals surface area contributed by atoms with Crippen LogP contribution >= 0.6 is 0 Å². The van der Waals surface area contributed by atoms with Gasteiger partial charge < -0.3 is 5.32 Å². The van der Waals surface area contributed by atoms with Crippen molar-refractivity contribution in [2.45, 2.75) is 52.5 Å². The molecule has 1 aromatic carbocycles. The Morgan fingerprint density at radius 2 is 1.65 bits per heavy atom. The van der Waals surface area contributed by atoms with E-state index in [0.29, 0.717) is 5.92 Å². The van der Waals surface area contributed by atoms with Gasteiger partial charge in [0.1, 0.15) is 0 Å². The summed E-state index contributed by atoms with van der Waals surface area (Å²) in [4.78, 5) is 11.1. The van der Waals surface area contributed by atoms with Gasteiger partial charge in [0.15, 0.2) is 0 Å². The SMILES string of the molecule is CC[C@@H](C)c1ccc([C@H](CC)NC(C)=O)cc1. The second kappa shape index (κ2) is 6.43. The zero-order chi connectivity index (χ0) is 12.8. The molecule has 0 bridgehead atoms. The average molecular weight is 233 g/mol. The molecule has 1 N–H and O–H groups in total. The van der Waals surface area contributed by atoms with Crippen molar-refractivity contribution in [1.29, 1.82) is 0 Å². The van der Waals surface area contributed by atoms with Crippen LogP contribution in [0.2, 0.25) is 0 Å². The second-order valence-corrected chi connectivity index (χ2v) is 4.64. The van der Waals surface area contributed by atoms with Gasteiger partial charge in [-0.05, 0) is 29.9 Å². The zero-order valence-electron chi connectivity index (χ0n) is 11.3. The fraction of sp³-hybridized carbons (Fsp3) is 0.533. The van der Waals surface area contributed by atoms with Crippen LogP contribution in [0.1, 0.15) is 63.6 Å². The maximum Gasteiger partial charge on any atom is 0.217 e. The molecule has 2 heteroatoms. The van der Waals surface area contributed by atoms with Gasteiger partial charge in [0.25, 0.3) is 0 Å². The van der Waals surface area contributed by atoms with E-state index in [4.69, 9.17) is 0 Å². The van der Waals surface area contributed by atoms with Crippen molar-refractivity contribution >= 4 is 5.91 Å². The van der Waals surface area contributed by atoms with Crippen LogP contribution in [0.15, 0.2) is 24.3 Å². The molecule has 0 aliphatic rings. The van der Waals surface area contributed by atoms with Crippen LogP contribution in [-0.4, -0.2) is 5.91 Å². The highest BCUT2D eigenvalue weighted by Crippen LogP contribution is 2.22. The molecule has 1 aromatic rings. The Hall–Kier alpha value is -1.31. The molecule has 17 heavy (non-hydrogen) atoms. The first kappa shape index (κ1) is 13.8. The normalized spacial score (nSPS) is 14.1. The fourth-order valence-corrected chi connectivity index (χ4v) is 1.96. The third kappa shape index (κ3) is 3.88. The Kier molecular flexibility index (Phi) is 5.20. The van der Waals surface area contributed by atoms with E-state index in [1.807, 2.05) is 0 Å². The van der Waals surface area contributed by atoms with E-state index >= 15 is 0 Å². The molecule has 2 nitrogen and oxygen atoms in total. The smallest absolute Gasteiger partial charge is 0.217 e. The van der Waals surface area contributed by atoms with Crippen LogP contribution in [0.5, 0.6) is 0 Å². The van der Waals surface area contributed by atoms with Crippen LogP contribution in [0.4, 0.5) is 0 Å². The summed E-state index contributed by atoms with van der Waals surface area (Å²) in [5, 5.41) is 2.97. The minimum atomic E-state index is 0.0304.